The van der Waals surface area contributed by atoms with Crippen LogP contribution >= 0.6 is 0 Å². The zero-order chi connectivity index (χ0) is 21.1. The molecule has 0 radical (unpaired) electrons. The smallest absolute Gasteiger partial charge is 0.337 e. The number of anilines is 2. The number of carboxylic acids is 4. The lowest BCUT2D eigenvalue weighted by Gasteiger charge is -2.06. The van der Waals surface area contributed by atoms with Crippen LogP contribution in [0.1, 0.15) is 20.7 Å². The molecule has 0 aliphatic heterocycles. The molecule has 6 N–H and O–H groups in total. The number of aliphatic carboxylic acids is 2. The molecule has 0 fully saturated rings. The highest BCUT2D eigenvalue weighted by Gasteiger charge is 2.08. The summed E-state index contributed by atoms with van der Waals surface area (Å²) in [7, 11) is 0. The van der Waals surface area contributed by atoms with Crippen LogP contribution in [0, 0.1) is 0 Å². The van der Waals surface area contributed by atoms with Crippen LogP contribution in [0.2, 0.25) is 0 Å². The molecule has 28 heavy (non-hydrogen) atoms. The Morgan fingerprint density at radius 2 is 1.32 bits per heavy atom. The maximum absolute atomic E-state index is 10.7. The Kier molecular flexibility index (Phi) is 8.48. The summed E-state index contributed by atoms with van der Waals surface area (Å²) in [5.74, 6) is -4.15. The second kappa shape index (κ2) is 10.8. The first kappa shape index (κ1) is 22.0. The summed E-state index contributed by atoms with van der Waals surface area (Å²) < 4.78 is 0. The quantitative estimate of drug-likeness (QED) is 0.390. The molecule has 2 aromatic carbocycles. The average molecular weight is 390 g/mol. The maximum atomic E-state index is 10.7. The molecule has 0 unspecified atom stereocenters. The van der Waals surface area contributed by atoms with Crippen molar-refractivity contribution in [1.29, 1.82) is 0 Å². The van der Waals surface area contributed by atoms with E-state index in [9.17, 15) is 19.2 Å². The van der Waals surface area contributed by atoms with Crippen LogP contribution in [0.4, 0.5) is 11.4 Å². The first-order valence-electron chi connectivity index (χ1n) is 7.77. The molecule has 0 saturated carbocycles. The largest absolute Gasteiger partial charge is 0.480 e. The van der Waals surface area contributed by atoms with Crippen molar-refractivity contribution < 1.29 is 39.6 Å². The van der Waals surface area contributed by atoms with Crippen LogP contribution in [0.15, 0.2) is 48.5 Å². The molecule has 0 spiro atoms. The topological polar surface area (TPSA) is 173 Å². The van der Waals surface area contributed by atoms with Crippen molar-refractivity contribution in [3.63, 3.8) is 0 Å². The highest BCUT2D eigenvalue weighted by atomic mass is 16.4. The fourth-order valence-corrected chi connectivity index (χ4v) is 1.93. The van der Waals surface area contributed by atoms with Gasteiger partial charge >= 0.3 is 23.9 Å². The summed E-state index contributed by atoms with van der Waals surface area (Å²) in [6.45, 7) is -0.534. The number of rotatable bonds is 8. The average Bonchev–Trinajstić information content (AvgIpc) is 2.65. The van der Waals surface area contributed by atoms with Gasteiger partial charge in [-0.2, -0.15) is 0 Å². The second-order valence-corrected chi connectivity index (χ2v) is 5.23. The zero-order valence-corrected chi connectivity index (χ0v) is 14.5. The van der Waals surface area contributed by atoms with E-state index in [0.717, 1.165) is 0 Å². The van der Waals surface area contributed by atoms with Gasteiger partial charge in [-0.05, 0) is 30.3 Å². The first-order valence-corrected chi connectivity index (χ1v) is 7.77. The highest BCUT2D eigenvalue weighted by molar-refractivity contribution is 5.94. The van der Waals surface area contributed by atoms with Gasteiger partial charge in [-0.15, -0.1) is 0 Å². The molecular formula is C18H18N2O8. The van der Waals surface area contributed by atoms with Crippen molar-refractivity contribution in [3.05, 3.63) is 59.7 Å². The van der Waals surface area contributed by atoms with Crippen LogP contribution in [-0.2, 0) is 9.59 Å². The van der Waals surface area contributed by atoms with Gasteiger partial charge in [0.15, 0.2) is 0 Å². The Bertz CT molecular complexity index is 866. The molecule has 10 nitrogen and oxygen atoms in total. The minimum Gasteiger partial charge on any atom is -0.480 e. The summed E-state index contributed by atoms with van der Waals surface area (Å²) in [6.07, 6.45) is 0. The van der Waals surface area contributed by atoms with Crippen LogP contribution in [0.25, 0.3) is 0 Å². The minimum absolute atomic E-state index is 0.0637. The molecule has 0 bridgehead atoms. The van der Waals surface area contributed by atoms with Crippen molar-refractivity contribution in [3.8, 4) is 0 Å². The number of para-hydroxylation sites is 1. The fraction of sp³-hybridized carbons (Fsp3) is 0.111. The number of aromatic carboxylic acids is 2. The van der Waals surface area contributed by atoms with E-state index in [0.29, 0.717) is 11.4 Å². The Labute approximate surface area is 159 Å². The Morgan fingerprint density at radius 1 is 0.714 bits per heavy atom. The third-order valence-corrected chi connectivity index (χ3v) is 3.14. The van der Waals surface area contributed by atoms with Crippen LogP contribution in [0.3, 0.4) is 0 Å². The van der Waals surface area contributed by atoms with Crippen LogP contribution in [0.5, 0.6) is 0 Å². The van der Waals surface area contributed by atoms with Crippen molar-refractivity contribution >= 4 is 35.3 Å². The molecule has 148 valence electrons. The molecule has 0 atom stereocenters. The summed E-state index contributed by atoms with van der Waals surface area (Å²) in [5, 5.41) is 39.2. The van der Waals surface area contributed by atoms with E-state index in [-0.39, 0.29) is 24.2 Å². The normalized spacial score (nSPS) is 9.43. The Morgan fingerprint density at radius 3 is 1.89 bits per heavy atom. The molecule has 10 heteroatoms. The van der Waals surface area contributed by atoms with E-state index < -0.39 is 23.9 Å². The van der Waals surface area contributed by atoms with E-state index in [1.165, 1.54) is 24.3 Å². The third-order valence-electron chi connectivity index (χ3n) is 3.14. The van der Waals surface area contributed by atoms with Crippen molar-refractivity contribution in [1.82, 2.24) is 0 Å². The van der Waals surface area contributed by atoms with Gasteiger partial charge in [-0.1, -0.05) is 18.2 Å². The molecule has 0 aromatic heterocycles. The molecule has 2 aromatic rings. The maximum Gasteiger partial charge on any atom is 0.337 e. The Balaban J connectivity index is 0.000000280. The minimum atomic E-state index is -1.08. The highest BCUT2D eigenvalue weighted by Crippen LogP contribution is 2.14. The summed E-state index contributed by atoms with van der Waals surface area (Å²) >= 11 is 0. The number of carboxylic acid groups (broad SMARTS) is 4. The third kappa shape index (κ3) is 7.87. The summed E-state index contributed by atoms with van der Waals surface area (Å²) in [5.41, 5.74) is 0.976. The van der Waals surface area contributed by atoms with Crippen LogP contribution in [-0.4, -0.2) is 57.4 Å². The zero-order valence-electron chi connectivity index (χ0n) is 14.5. The summed E-state index contributed by atoms with van der Waals surface area (Å²) in [6, 6.07) is 12.1. The van der Waals surface area contributed by atoms with Gasteiger partial charge in [0.05, 0.1) is 11.1 Å². The van der Waals surface area contributed by atoms with Gasteiger partial charge in [-0.25, -0.2) is 9.59 Å². The standard InChI is InChI=1S/2C9H9NO4/c11-8(12)5-10-7-3-1-2-6(4-7)9(13)14;11-8(12)5-10-7-4-2-1-3-6(7)9(13)14/h2*1-4,10H,5H2,(H,11,12)(H,13,14). The fourth-order valence-electron chi connectivity index (χ4n) is 1.93. The number of nitrogens with one attached hydrogen (secondary N) is 2. The molecule has 0 aliphatic carbocycles. The molecule has 0 amide bonds. The predicted molar refractivity (Wildman–Crippen MR) is 99.1 cm³/mol. The lowest BCUT2D eigenvalue weighted by Crippen LogP contribution is -2.14. The van der Waals surface area contributed by atoms with E-state index >= 15 is 0 Å². The number of hydrogen-bond donors (Lipinski definition) is 6. The van der Waals surface area contributed by atoms with E-state index in [2.05, 4.69) is 10.6 Å². The van der Waals surface area contributed by atoms with Gasteiger partial charge in [0.25, 0.3) is 0 Å². The first-order chi connectivity index (χ1) is 13.2. The molecule has 2 rings (SSSR count). The van der Waals surface area contributed by atoms with Gasteiger partial charge in [-0.3, -0.25) is 9.59 Å². The van der Waals surface area contributed by atoms with Gasteiger partial charge < -0.3 is 31.1 Å². The SMILES string of the molecule is O=C(O)CNc1cccc(C(=O)O)c1.O=C(O)CNc1ccccc1C(=O)O. The van der Waals surface area contributed by atoms with Crippen molar-refractivity contribution in [2.75, 3.05) is 23.7 Å². The molecule has 0 aliphatic rings. The number of carbonyl (C=O) groups is 4. The molecular weight excluding hydrogens is 372 g/mol. The van der Waals surface area contributed by atoms with Crippen molar-refractivity contribution in [2.24, 2.45) is 0 Å². The van der Waals surface area contributed by atoms with Crippen LogP contribution < -0.4 is 10.6 Å². The predicted octanol–water partition coefficient (Wildman–Crippen LogP) is 1.76. The number of benzene rings is 2. The van der Waals surface area contributed by atoms with Crippen molar-refractivity contribution in [2.45, 2.75) is 0 Å². The van der Waals surface area contributed by atoms with E-state index in [1.54, 1.807) is 24.3 Å². The molecule has 0 heterocycles. The lowest BCUT2D eigenvalue weighted by molar-refractivity contribution is -0.135. The number of hydrogen-bond acceptors (Lipinski definition) is 6. The molecule has 0 saturated heterocycles. The van der Waals surface area contributed by atoms with E-state index in [1.807, 2.05) is 0 Å². The second-order valence-electron chi connectivity index (χ2n) is 5.23. The van der Waals surface area contributed by atoms with E-state index in [4.69, 9.17) is 20.4 Å². The monoisotopic (exact) mass is 390 g/mol. The lowest BCUT2D eigenvalue weighted by atomic mass is 10.2. The van der Waals surface area contributed by atoms with Gasteiger partial charge in [0, 0.05) is 11.4 Å². The van der Waals surface area contributed by atoms with Gasteiger partial charge in [0.1, 0.15) is 13.1 Å². The van der Waals surface area contributed by atoms with Gasteiger partial charge in [0.2, 0.25) is 0 Å². The Hall–Kier alpha value is -4.08. The summed E-state index contributed by atoms with van der Waals surface area (Å²) in [4.78, 5) is 41.7.